The van der Waals surface area contributed by atoms with Crippen molar-refractivity contribution >= 4 is 11.5 Å². The summed E-state index contributed by atoms with van der Waals surface area (Å²) in [5.74, 6) is -1.83. The summed E-state index contributed by atoms with van der Waals surface area (Å²) in [7, 11) is 1.50. The van der Waals surface area contributed by atoms with Crippen molar-refractivity contribution in [3.05, 3.63) is 41.5 Å². The standard InChI is InChI=1S/C16H21F2NO3/c1-11(13-5-4-12(17)9-14(13)18)8-15(21)19-16(2,6-7-20)10-22-3/h4-5,8-9,20H,6-7,10H2,1-3H3,(H,19,21)/b11-8-. The number of nitrogens with one attached hydrogen (secondary N) is 1. The lowest BCUT2D eigenvalue weighted by molar-refractivity contribution is -0.119. The van der Waals surface area contributed by atoms with Gasteiger partial charge in [0.25, 0.3) is 0 Å². The van der Waals surface area contributed by atoms with Gasteiger partial charge >= 0.3 is 0 Å². The summed E-state index contributed by atoms with van der Waals surface area (Å²) >= 11 is 0. The minimum Gasteiger partial charge on any atom is -0.396 e. The molecule has 0 heterocycles. The molecule has 0 radical (unpaired) electrons. The number of halogens is 2. The maximum absolute atomic E-state index is 13.7. The maximum atomic E-state index is 13.7. The average Bonchev–Trinajstić information content (AvgIpc) is 2.38. The van der Waals surface area contributed by atoms with E-state index < -0.39 is 23.1 Å². The van der Waals surface area contributed by atoms with Gasteiger partial charge in [0.1, 0.15) is 11.6 Å². The quantitative estimate of drug-likeness (QED) is 0.759. The zero-order chi connectivity index (χ0) is 16.8. The van der Waals surface area contributed by atoms with Gasteiger partial charge in [0.15, 0.2) is 0 Å². The number of allylic oxidation sites excluding steroid dienone is 1. The first-order valence-electron chi connectivity index (χ1n) is 6.87. The fourth-order valence-electron chi connectivity index (χ4n) is 2.15. The molecular formula is C16H21F2NO3. The van der Waals surface area contributed by atoms with Gasteiger partial charge in [0.05, 0.1) is 12.1 Å². The number of amides is 1. The molecule has 1 aromatic carbocycles. The van der Waals surface area contributed by atoms with Crippen LogP contribution < -0.4 is 5.32 Å². The highest BCUT2D eigenvalue weighted by Crippen LogP contribution is 2.19. The zero-order valence-corrected chi connectivity index (χ0v) is 13.0. The second-order valence-corrected chi connectivity index (χ2v) is 5.41. The van der Waals surface area contributed by atoms with Crippen LogP contribution in [0.15, 0.2) is 24.3 Å². The number of hydrogen-bond acceptors (Lipinski definition) is 3. The van der Waals surface area contributed by atoms with Gasteiger partial charge < -0.3 is 15.2 Å². The molecule has 2 N–H and O–H groups in total. The molecule has 0 aliphatic heterocycles. The van der Waals surface area contributed by atoms with Crippen LogP contribution >= 0.6 is 0 Å². The first kappa shape index (κ1) is 18.3. The number of methoxy groups -OCH3 is 1. The first-order chi connectivity index (χ1) is 10.3. The van der Waals surface area contributed by atoms with E-state index in [4.69, 9.17) is 9.84 Å². The van der Waals surface area contributed by atoms with Gasteiger partial charge in [-0.2, -0.15) is 0 Å². The molecule has 4 nitrogen and oxygen atoms in total. The molecule has 1 atom stereocenters. The molecule has 0 saturated carbocycles. The minimum absolute atomic E-state index is 0.102. The van der Waals surface area contributed by atoms with Crippen molar-refractivity contribution < 1.29 is 23.4 Å². The Balaban J connectivity index is 2.88. The van der Waals surface area contributed by atoms with Gasteiger partial charge in [-0.25, -0.2) is 8.78 Å². The summed E-state index contributed by atoms with van der Waals surface area (Å²) in [6.07, 6.45) is 1.56. The van der Waals surface area contributed by atoms with E-state index in [9.17, 15) is 13.6 Å². The van der Waals surface area contributed by atoms with Crippen molar-refractivity contribution in [2.24, 2.45) is 0 Å². The van der Waals surface area contributed by atoms with Crippen molar-refractivity contribution in [2.75, 3.05) is 20.3 Å². The highest BCUT2D eigenvalue weighted by Gasteiger charge is 2.25. The Morgan fingerprint density at radius 3 is 2.68 bits per heavy atom. The molecule has 122 valence electrons. The normalized spacial score (nSPS) is 14.5. The van der Waals surface area contributed by atoms with Crippen molar-refractivity contribution in [3.63, 3.8) is 0 Å². The number of carbonyl (C=O) groups excluding carboxylic acids is 1. The van der Waals surface area contributed by atoms with Gasteiger partial charge in [-0.1, -0.05) is 0 Å². The van der Waals surface area contributed by atoms with Crippen LogP contribution in [0.4, 0.5) is 8.78 Å². The molecule has 1 unspecified atom stereocenters. The number of hydrogen-bond donors (Lipinski definition) is 2. The Labute approximate surface area is 128 Å². The third-order valence-corrected chi connectivity index (χ3v) is 3.26. The zero-order valence-electron chi connectivity index (χ0n) is 13.0. The summed E-state index contributed by atoms with van der Waals surface area (Å²) in [4.78, 5) is 12.0. The van der Waals surface area contributed by atoms with Crippen LogP contribution in [0.3, 0.4) is 0 Å². The van der Waals surface area contributed by atoms with Crippen molar-refractivity contribution in [2.45, 2.75) is 25.8 Å². The highest BCUT2D eigenvalue weighted by atomic mass is 19.1. The van der Waals surface area contributed by atoms with E-state index in [0.717, 1.165) is 12.1 Å². The van der Waals surface area contributed by atoms with Crippen LogP contribution in [0.2, 0.25) is 0 Å². The second kappa shape index (κ2) is 8.00. The lowest BCUT2D eigenvalue weighted by atomic mass is 9.99. The molecule has 0 bridgehead atoms. The Bertz CT molecular complexity index is 552. The smallest absolute Gasteiger partial charge is 0.244 e. The van der Waals surface area contributed by atoms with E-state index in [0.29, 0.717) is 12.0 Å². The van der Waals surface area contributed by atoms with Crippen LogP contribution in [0.25, 0.3) is 5.57 Å². The molecule has 0 aliphatic carbocycles. The lowest BCUT2D eigenvalue weighted by Gasteiger charge is -2.29. The van der Waals surface area contributed by atoms with E-state index in [1.54, 1.807) is 13.8 Å². The van der Waals surface area contributed by atoms with Crippen LogP contribution in [0, 0.1) is 11.6 Å². The van der Waals surface area contributed by atoms with Crippen LogP contribution in [0.1, 0.15) is 25.8 Å². The fourth-order valence-corrected chi connectivity index (χ4v) is 2.15. The highest BCUT2D eigenvalue weighted by molar-refractivity contribution is 5.95. The molecule has 1 amide bonds. The summed E-state index contributed by atoms with van der Waals surface area (Å²) < 4.78 is 31.6. The second-order valence-electron chi connectivity index (χ2n) is 5.41. The van der Waals surface area contributed by atoms with Crippen molar-refractivity contribution in [1.82, 2.24) is 5.32 Å². The third kappa shape index (κ3) is 5.20. The Morgan fingerprint density at radius 1 is 1.45 bits per heavy atom. The van der Waals surface area contributed by atoms with Gasteiger partial charge in [-0.15, -0.1) is 0 Å². The lowest BCUT2D eigenvalue weighted by Crippen LogP contribution is -2.49. The molecule has 1 rings (SSSR count). The van der Waals surface area contributed by atoms with Gasteiger partial charge in [0.2, 0.25) is 5.91 Å². The van der Waals surface area contributed by atoms with E-state index in [1.807, 2.05) is 0 Å². The van der Waals surface area contributed by atoms with Gasteiger partial charge in [-0.05, 0) is 38.0 Å². The molecular weight excluding hydrogens is 292 g/mol. The summed E-state index contributed by atoms with van der Waals surface area (Å²) in [5.41, 5.74) is -0.190. The molecule has 22 heavy (non-hydrogen) atoms. The molecule has 0 aliphatic rings. The van der Waals surface area contributed by atoms with Crippen LogP contribution in [-0.4, -0.2) is 36.9 Å². The predicted molar refractivity (Wildman–Crippen MR) is 80.1 cm³/mol. The monoisotopic (exact) mass is 313 g/mol. The number of ether oxygens (including phenoxy) is 1. The fraction of sp³-hybridized carbons (Fsp3) is 0.438. The molecule has 0 aromatic heterocycles. The largest absolute Gasteiger partial charge is 0.396 e. The minimum atomic E-state index is -0.725. The molecule has 1 aromatic rings. The van der Waals surface area contributed by atoms with E-state index in [1.165, 1.54) is 19.3 Å². The van der Waals surface area contributed by atoms with E-state index in [-0.39, 0.29) is 18.8 Å². The Hall–Kier alpha value is -1.79. The van der Waals surface area contributed by atoms with E-state index >= 15 is 0 Å². The Kier molecular flexibility index (Phi) is 6.64. The third-order valence-electron chi connectivity index (χ3n) is 3.26. The van der Waals surface area contributed by atoms with E-state index in [2.05, 4.69) is 5.32 Å². The number of benzene rings is 1. The average molecular weight is 313 g/mol. The van der Waals surface area contributed by atoms with Crippen molar-refractivity contribution in [3.8, 4) is 0 Å². The topological polar surface area (TPSA) is 58.6 Å². The Morgan fingerprint density at radius 2 is 2.14 bits per heavy atom. The summed E-state index contributed by atoms with van der Waals surface area (Å²) in [6, 6.07) is 3.19. The molecule has 0 spiro atoms. The van der Waals surface area contributed by atoms with Gasteiger partial charge in [-0.3, -0.25) is 4.79 Å². The number of rotatable bonds is 7. The SMILES string of the molecule is COCC(C)(CCO)NC(=O)/C=C(/C)c1ccc(F)cc1F. The summed E-state index contributed by atoms with van der Waals surface area (Å²) in [5, 5.41) is 11.8. The molecule has 0 saturated heterocycles. The maximum Gasteiger partial charge on any atom is 0.244 e. The molecule has 6 heteroatoms. The van der Waals surface area contributed by atoms with Gasteiger partial charge in [0, 0.05) is 31.4 Å². The number of aliphatic hydroxyl groups excluding tert-OH is 1. The van der Waals surface area contributed by atoms with Crippen LogP contribution in [0.5, 0.6) is 0 Å². The number of carbonyl (C=O) groups is 1. The molecule has 0 fully saturated rings. The predicted octanol–water partition coefficient (Wildman–Crippen LogP) is 2.27. The summed E-state index contributed by atoms with van der Waals surface area (Å²) in [6.45, 7) is 3.44. The van der Waals surface area contributed by atoms with Crippen LogP contribution in [-0.2, 0) is 9.53 Å². The first-order valence-corrected chi connectivity index (χ1v) is 6.87. The number of aliphatic hydroxyl groups is 1. The van der Waals surface area contributed by atoms with Crippen molar-refractivity contribution in [1.29, 1.82) is 0 Å².